The summed E-state index contributed by atoms with van der Waals surface area (Å²) >= 11 is 0. The van der Waals surface area contributed by atoms with Crippen LogP contribution in [0.5, 0.6) is 0 Å². The van der Waals surface area contributed by atoms with E-state index in [0.29, 0.717) is 16.2 Å². The van der Waals surface area contributed by atoms with Crippen LogP contribution in [0.25, 0.3) is 0 Å². The van der Waals surface area contributed by atoms with Crippen LogP contribution in [0.15, 0.2) is 42.5 Å². The minimum atomic E-state index is -1.84. The molecule has 2 N–H and O–H groups in total. The van der Waals surface area contributed by atoms with Crippen molar-refractivity contribution in [1.82, 2.24) is 10.2 Å². The molecule has 1 fully saturated rings. The van der Waals surface area contributed by atoms with E-state index in [0.717, 1.165) is 18.2 Å². The van der Waals surface area contributed by atoms with Crippen LogP contribution in [0.4, 0.5) is 19.3 Å². The molecule has 0 unspecified atom stereocenters. The van der Waals surface area contributed by atoms with Gasteiger partial charge in [-0.25, -0.2) is 13.6 Å². The number of nitrogens with zero attached hydrogens (tertiary/aromatic N) is 1. The van der Waals surface area contributed by atoms with E-state index in [1.54, 1.807) is 0 Å². The predicted octanol–water partition coefficient (Wildman–Crippen LogP) is 2.57. The van der Waals surface area contributed by atoms with Crippen molar-refractivity contribution in [2.45, 2.75) is 19.4 Å². The monoisotopic (exact) mass is 401 g/mol. The molecular weight excluding hydrogens is 384 g/mol. The van der Waals surface area contributed by atoms with Gasteiger partial charge in [0.1, 0.15) is 23.7 Å². The van der Waals surface area contributed by atoms with Crippen molar-refractivity contribution >= 4 is 29.3 Å². The molecule has 7 nitrogen and oxygen atoms in total. The number of nitrogens with one attached hydrogen (secondary N) is 2. The number of carbonyl (C=O) groups is 4. The SMILES string of the molecule is CC(=O)c1ccc(NC(=O)CN2C(=O)N[C@](C)(c3cc(F)ccc3F)C2=O)cc1. The minimum absolute atomic E-state index is 0.133. The number of benzene rings is 2. The predicted molar refractivity (Wildman–Crippen MR) is 99.0 cm³/mol. The first-order valence-electron chi connectivity index (χ1n) is 8.62. The number of imide groups is 1. The van der Waals surface area contributed by atoms with Crippen LogP contribution in [-0.4, -0.2) is 35.1 Å². The Balaban J connectivity index is 1.75. The van der Waals surface area contributed by atoms with Crippen molar-refractivity contribution in [3.8, 4) is 0 Å². The quantitative estimate of drug-likeness (QED) is 0.595. The molecule has 150 valence electrons. The largest absolute Gasteiger partial charge is 0.325 e. The molecule has 1 saturated heterocycles. The van der Waals surface area contributed by atoms with Gasteiger partial charge >= 0.3 is 6.03 Å². The Hall–Kier alpha value is -3.62. The van der Waals surface area contributed by atoms with Gasteiger partial charge in [0.15, 0.2) is 5.78 Å². The second-order valence-electron chi connectivity index (χ2n) is 6.75. The summed E-state index contributed by atoms with van der Waals surface area (Å²) < 4.78 is 27.7. The van der Waals surface area contributed by atoms with Gasteiger partial charge in [-0.2, -0.15) is 0 Å². The van der Waals surface area contributed by atoms with Crippen LogP contribution in [0, 0.1) is 11.6 Å². The molecule has 2 aromatic carbocycles. The van der Waals surface area contributed by atoms with Crippen molar-refractivity contribution in [2.24, 2.45) is 0 Å². The number of ketones is 1. The molecule has 0 aliphatic carbocycles. The first-order chi connectivity index (χ1) is 13.6. The van der Waals surface area contributed by atoms with E-state index in [1.165, 1.54) is 38.1 Å². The van der Waals surface area contributed by atoms with Crippen molar-refractivity contribution < 1.29 is 28.0 Å². The van der Waals surface area contributed by atoms with E-state index in [1.807, 2.05) is 0 Å². The Bertz CT molecular complexity index is 1020. The van der Waals surface area contributed by atoms with Gasteiger partial charge < -0.3 is 10.6 Å². The topological polar surface area (TPSA) is 95.6 Å². The number of halogens is 2. The molecule has 29 heavy (non-hydrogen) atoms. The number of hydrogen-bond acceptors (Lipinski definition) is 4. The number of carbonyl (C=O) groups excluding carboxylic acids is 4. The summed E-state index contributed by atoms with van der Waals surface area (Å²) in [5.74, 6) is -3.32. The van der Waals surface area contributed by atoms with Gasteiger partial charge in [0.05, 0.1) is 0 Å². The van der Waals surface area contributed by atoms with E-state index < -0.39 is 41.6 Å². The van der Waals surface area contributed by atoms with Crippen LogP contribution >= 0.6 is 0 Å². The highest BCUT2D eigenvalue weighted by Crippen LogP contribution is 2.31. The lowest BCUT2D eigenvalue weighted by atomic mass is 9.91. The third kappa shape index (κ3) is 3.84. The molecule has 2 aromatic rings. The summed E-state index contributed by atoms with van der Waals surface area (Å²) in [6, 6.07) is 7.74. The maximum Gasteiger partial charge on any atom is 0.325 e. The van der Waals surface area contributed by atoms with Crippen molar-refractivity contribution in [3.05, 3.63) is 65.2 Å². The zero-order valence-electron chi connectivity index (χ0n) is 15.6. The van der Waals surface area contributed by atoms with E-state index >= 15 is 0 Å². The molecule has 0 spiro atoms. The van der Waals surface area contributed by atoms with Gasteiger partial charge in [0, 0.05) is 16.8 Å². The van der Waals surface area contributed by atoms with Crippen LogP contribution < -0.4 is 10.6 Å². The number of Topliss-reactive ketones (excluding diaryl/α,β-unsaturated/α-hetero) is 1. The van der Waals surface area contributed by atoms with E-state index in [-0.39, 0.29) is 11.3 Å². The first-order valence-corrected chi connectivity index (χ1v) is 8.62. The maximum atomic E-state index is 14.1. The molecule has 4 amide bonds. The van der Waals surface area contributed by atoms with Crippen LogP contribution in [0.3, 0.4) is 0 Å². The third-order valence-electron chi connectivity index (χ3n) is 4.62. The van der Waals surface area contributed by atoms with Crippen molar-refractivity contribution in [3.63, 3.8) is 0 Å². The van der Waals surface area contributed by atoms with Crippen LogP contribution in [-0.2, 0) is 15.1 Å². The van der Waals surface area contributed by atoms with Crippen molar-refractivity contribution in [1.29, 1.82) is 0 Å². The van der Waals surface area contributed by atoms with Crippen LogP contribution in [0.1, 0.15) is 29.8 Å². The van der Waals surface area contributed by atoms with Gasteiger partial charge in [-0.3, -0.25) is 19.3 Å². The fourth-order valence-electron chi connectivity index (χ4n) is 3.04. The molecule has 1 heterocycles. The summed E-state index contributed by atoms with van der Waals surface area (Å²) in [7, 11) is 0. The Morgan fingerprint density at radius 2 is 1.76 bits per heavy atom. The molecule has 1 aliphatic heterocycles. The summed E-state index contributed by atoms with van der Waals surface area (Å²) in [6.07, 6.45) is 0. The Kier molecular flexibility index (Phi) is 5.15. The first kappa shape index (κ1) is 20.1. The number of rotatable bonds is 5. The highest BCUT2D eigenvalue weighted by Gasteiger charge is 2.50. The molecular formula is C20H17F2N3O4. The Morgan fingerprint density at radius 3 is 2.38 bits per heavy atom. The second kappa shape index (κ2) is 7.42. The lowest BCUT2D eigenvalue weighted by molar-refractivity contribution is -0.133. The lowest BCUT2D eigenvalue weighted by Crippen LogP contribution is -2.42. The smallest absolute Gasteiger partial charge is 0.325 e. The van der Waals surface area contributed by atoms with E-state index in [4.69, 9.17) is 0 Å². The second-order valence-corrected chi connectivity index (χ2v) is 6.75. The standard InChI is InChI=1S/C20H17F2N3O4/c1-11(26)12-3-6-14(7-4-12)23-17(27)10-25-18(28)20(2,24-19(25)29)15-9-13(21)5-8-16(15)22/h3-9H,10H2,1-2H3,(H,23,27)(H,24,29)/t20-/m1/s1. The van der Waals surface area contributed by atoms with Crippen LogP contribution in [0.2, 0.25) is 0 Å². The van der Waals surface area contributed by atoms with E-state index in [9.17, 15) is 28.0 Å². The molecule has 0 aromatic heterocycles. The molecule has 9 heteroatoms. The van der Waals surface area contributed by atoms with Gasteiger partial charge in [-0.15, -0.1) is 0 Å². The zero-order valence-corrected chi connectivity index (χ0v) is 15.6. The van der Waals surface area contributed by atoms with Gasteiger partial charge in [-0.05, 0) is 56.3 Å². The summed E-state index contributed by atoms with van der Waals surface area (Å²) in [5.41, 5.74) is -1.35. The zero-order chi connectivity index (χ0) is 21.3. The number of urea groups is 1. The molecule has 0 saturated carbocycles. The molecule has 3 rings (SSSR count). The highest BCUT2D eigenvalue weighted by molar-refractivity contribution is 6.10. The normalized spacial score (nSPS) is 18.6. The molecule has 1 atom stereocenters. The highest BCUT2D eigenvalue weighted by atomic mass is 19.1. The fraction of sp³-hybridized carbons (Fsp3) is 0.200. The number of anilines is 1. The van der Waals surface area contributed by atoms with Gasteiger partial charge in [-0.1, -0.05) is 0 Å². The number of hydrogen-bond donors (Lipinski definition) is 2. The summed E-state index contributed by atoms with van der Waals surface area (Å²) in [4.78, 5) is 49.2. The lowest BCUT2D eigenvalue weighted by Gasteiger charge is -2.22. The maximum absolute atomic E-state index is 14.1. The average molecular weight is 401 g/mol. The van der Waals surface area contributed by atoms with Gasteiger partial charge in [0.25, 0.3) is 5.91 Å². The third-order valence-corrected chi connectivity index (χ3v) is 4.62. The van der Waals surface area contributed by atoms with Crippen molar-refractivity contribution in [2.75, 3.05) is 11.9 Å². The summed E-state index contributed by atoms with van der Waals surface area (Å²) in [5, 5.41) is 4.82. The summed E-state index contributed by atoms with van der Waals surface area (Å²) in [6.45, 7) is 2.03. The Labute approximate surface area is 164 Å². The van der Waals surface area contributed by atoms with Gasteiger partial charge in [0.2, 0.25) is 5.91 Å². The Morgan fingerprint density at radius 1 is 1.10 bits per heavy atom. The fourth-order valence-corrected chi connectivity index (χ4v) is 3.04. The number of amides is 4. The minimum Gasteiger partial charge on any atom is -0.325 e. The molecule has 0 radical (unpaired) electrons. The van der Waals surface area contributed by atoms with E-state index in [2.05, 4.69) is 10.6 Å². The average Bonchev–Trinajstić information content (AvgIpc) is 2.88. The molecule has 1 aliphatic rings. The molecule has 0 bridgehead atoms.